The molecule has 1 amide bonds. The van der Waals surface area contributed by atoms with Gasteiger partial charge in [-0.1, -0.05) is 42.5 Å². The zero-order chi connectivity index (χ0) is 21.2. The van der Waals surface area contributed by atoms with Gasteiger partial charge in [0, 0.05) is 6.20 Å². The van der Waals surface area contributed by atoms with Gasteiger partial charge in [-0.05, 0) is 48.4 Å². The topological polar surface area (TPSA) is 71.9 Å². The maximum absolute atomic E-state index is 13.6. The number of aromatic nitrogens is 4. The quantitative estimate of drug-likeness (QED) is 0.394. The molecule has 0 aliphatic carbocycles. The number of benzene rings is 2. The van der Waals surface area contributed by atoms with Crippen molar-refractivity contribution < 1.29 is 4.79 Å². The highest BCUT2D eigenvalue weighted by atomic mass is 32.1. The van der Waals surface area contributed by atoms with E-state index in [4.69, 9.17) is 4.98 Å². The van der Waals surface area contributed by atoms with Gasteiger partial charge in [0.25, 0.3) is 5.91 Å². The Morgan fingerprint density at radius 2 is 1.77 bits per heavy atom. The minimum absolute atomic E-state index is 0.251. The molecule has 0 fully saturated rings. The van der Waals surface area contributed by atoms with Crippen LogP contribution in [0.1, 0.15) is 28.7 Å². The highest BCUT2D eigenvalue weighted by Crippen LogP contribution is 2.31. The van der Waals surface area contributed by atoms with Crippen molar-refractivity contribution in [2.75, 3.05) is 4.90 Å². The van der Waals surface area contributed by atoms with Gasteiger partial charge >= 0.3 is 0 Å². The molecule has 0 atom stereocenters. The lowest BCUT2D eigenvalue weighted by Crippen LogP contribution is -2.31. The summed E-state index contributed by atoms with van der Waals surface area (Å²) in [5.74, 6) is -0.251. The average molecular weight is 426 g/mol. The molecule has 31 heavy (non-hydrogen) atoms. The van der Waals surface area contributed by atoms with Gasteiger partial charge in [0.2, 0.25) is 0 Å². The Balaban J connectivity index is 1.58. The number of para-hydroxylation sites is 2. The second kappa shape index (κ2) is 8.20. The number of fused-ring (bicyclic) bond motifs is 2. The van der Waals surface area contributed by atoms with Crippen LogP contribution in [0.2, 0.25) is 0 Å². The molecule has 5 rings (SSSR count). The van der Waals surface area contributed by atoms with E-state index in [1.807, 2.05) is 48.5 Å². The van der Waals surface area contributed by atoms with Crippen molar-refractivity contribution >= 4 is 43.6 Å². The predicted octanol–water partition coefficient (Wildman–Crippen LogP) is 5.04. The van der Waals surface area contributed by atoms with Gasteiger partial charge in [0.1, 0.15) is 5.69 Å². The summed E-state index contributed by atoms with van der Waals surface area (Å²) in [7, 11) is 0. The molecule has 0 aliphatic rings. The summed E-state index contributed by atoms with van der Waals surface area (Å²) in [6.45, 7) is 2.42. The fourth-order valence-corrected chi connectivity index (χ4v) is 4.40. The normalized spacial score (nSPS) is 11.1. The Morgan fingerprint density at radius 3 is 2.58 bits per heavy atom. The van der Waals surface area contributed by atoms with E-state index in [0.717, 1.165) is 27.8 Å². The second-order valence-corrected chi connectivity index (χ2v) is 8.12. The molecule has 3 heterocycles. The van der Waals surface area contributed by atoms with E-state index >= 15 is 0 Å². The highest BCUT2D eigenvalue weighted by molar-refractivity contribution is 7.22. The van der Waals surface area contributed by atoms with E-state index in [0.29, 0.717) is 17.2 Å². The Morgan fingerprint density at radius 1 is 0.935 bits per heavy atom. The molecule has 3 aromatic heterocycles. The smallest absolute Gasteiger partial charge is 0.276 e. The monoisotopic (exact) mass is 425 g/mol. The Kier molecular flexibility index (Phi) is 5.09. The van der Waals surface area contributed by atoms with Crippen molar-refractivity contribution in [3.63, 3.8) is 0 Å². The predicted molar refractivity (Wildman–Crippen MR) is 123 cm³/mol. The van der Waals surface area contributed by atoms with E-state index in [1.54, 1.807) is 11.1 Å². The molecule has 5 aromatic rings. The van der Waals surface area contributed by atoms with E-state index in [9.17, 15) is 4.79 Å². The van der Waals surface area contributed by atoms with E-state index < -0.39 is 0 Å². The molecule has 0 spiro atoms. The number of hydrogen-bond donors (Lipinski definition) is 0. The molecular formula is C24H19N5OS. The van der Waals surface area contributed by atoms with Crippen molar-refractivity contribution in [2.24, 2.45) is 0 Å². The van der Waals surface area contributed by atoms with Crippen LogP contribution in [0.4, 0.5) is 5.13 Å². The molecule has 0 saturated heterocycles. The lowest BCUT2D eigenvalue weighted by Gasteiger charge is -2.19. The number of pyridine rings is 1. The van der Waals surface area contributed by atoms with Crippen molar-refractivity contribution in [3.05, 3.63) is 90.0 Å². The van der Waals surface area contributed by atoms with E-state index in [2.05, 4.69) is 34.0 Å². The second-order valence-electron chi connectivity index (χ2n) is 7.11. The number of carbonyl (C=O) groups excluding carboxylic acids is 1. The van der Waals surface area contributed by atoms with Crippen LogP contribution in [0.25, 0.3) is 21.3 Å². The Bertz CT molecular complexity index is 1380. The first kappa shape index (κ1) is 19.3. The van der Waals surface area contributed by atoms with Gasteiger partial charge in [0.15, 0.2) is 5.13 Å². The summed E-state index contributed by atoms with van der Waals surface area (Å²) in [5, 5.41) is 0.619. The average Bonchev–Trinajstić information content (AvgIpc) is 3.25. The van der Waals surface area contributed by atoms with Crippen LogP contribution in [0.3, 0.4) is 0 Å². The summed E-state index contributed by atoms with van der Waals surface area (Å²) in [5.41, 5.74) is 4.61. The van der Waals surface area contributed by atoms with Gasteiger partial charge in [-0.25, -0.2) is 9.97 Å². The van der Waals surface area contributed by atoms with E-state index in [1.165, 1.54) is 23.1 Å². The fraction of sp³-hybridized carbons (Fsp3) is 0.125. The summed E-state index contributed by atoms with van der Waals surface area (Å²) in [4.78, 5) is 33.3. The van der Waals surface area contributed by atoms with Gasteiger partial charge in [0.05, 0.1) is 39.7 Å². The largest absolute Gasteiger partial charge is 0.280 e. The third-order valence-corrected chi connectivity index (χ3v) is 6.08. The molecule has 0 saturated carbocycles. The number of amides is 1. The Labute approximate surface area is 183 Å². The maximum Gasteiger partial charge on any atom is 0.280 e. The van der Waals surface area contributed by atoms with Crippen molar-refractivity contribution in [3.8, 4) is 0 Å². The molecule has 0 N–H and O–H groups in total. The SMILES string of the molecule is CCc1ccc2nc(N(Cc3ccccn3)C(=O)c3cnc4ccccc4n3)sc2c1. The number of carbonyl (C=O) groups is 1. The number of rotatable bonds is 5. The first-order valence-electron chi connectivity index (χ1n) is 10.0. The van der Waals surface area contributed by atoms with Gasteiger partial charge in [-0.15, -0.1) is 0 Å². The van der Waals surface area contributed by atoms with Crippen LogP contribution in [-0.2, 0) is 13.0 Å². The van der Waals surface area contributed by atoms with E-state index in [-0.39, 0.29) is 11.6 Å². The number of hydrogen-bond acceptors (Lipinski definition) is 6. The zero-order valence-corrected chi connectivity index (χ0v) is 17.7. The third kappa shape index (κ3) is 3.87. The summed E-state index contributed by atoms with van der Waals surface area (Å²) < 4.78 is 1.05. The lowest BCUT2D eigenvalue weighted by molar-refractivity contribution is 0.0980. The summed E-state index contributed by atoms with van der Waals surface area (Å²) in [6, 6.07) is 19.4. The van der Waals surface area contributed by atoms with Gasteiger partial charge in [-0.2, -0.15) is 0 Å². The number of thiazole rings is 1. The maximum atomic E-state index is 13.6. The van der Waals surface area contributed by atoms with Crippen molar-refractivity contribution in [1.29, 1.82) is 0 Å². The third-order valence-electron chi connectivity index (χ3n) is 5.04. The lowest BCUT2D eigenvalue weighted by atomic mass is 10.2. The first-order chi connectivity index (χ1) is 15.2. The molecule has 6 nitrogen and oxygen atoms in total. The zero-order valence-electron chi connectivity index (χ0n) is 16.9. The van der Waals surface area contributed by atoms with Crippen LogP contribution < -0.4 is 4.90 Å². The van der Waals surface area contributed by atoms with Crippen LogP contribution in [0.15, 0.2) is 73.1 Å². The molecule has 7 heteroatoms. The standard InChI is InChI=1S/C24H19N5OS/c1-2-16-10-11-20-22(13-16)31-24(28-20)29(15-17-7-5-6-12-25-17)23(30)21-14-26-18-8-3-4-9-19(18)27-21/h3-14H,2,15H2,1H3. The molecule has 0 radical (unpaired) electrons. The molecule has 152 valence electrons. The number of anilines is 1. The van der Waals surface area contributed by atoms with Crippen LogP contribution in [0, 0.1) is 0 Å². The molecule has 0 unspecified atom stereocenters. The minimum Gasteiger partial charge on any atom is -0.276 e. The highest BCUT2D eigenvalue weighted by Gasteiger charge is 2.24. The molecule has 0 bridgehead atoms. The summed E-state index contributed by atoms with van der Waals surface area (Å²) in [6.07, 6.45) is 4.20. The first-order valence-corrected chi connectivity index (χ1v) is 10.9. The summed E-state index contributed by atoms with van der Waals surface area (Å²) >= 11 is 1.50. The van der Waals surface area contributed by atoms with Crippen molar-refractivity contribution in [2.45, 2.75) is 19.9 Å². The number of nitrogens with zero attached hydrogens (tertiary/aromatic N) is 5. The van der Waals surface area contributed by atoms with Crippen molar-refractivity contribution in [1.82, 2.24) is 19.9 Å². The Hall–Kier alpha value is -3.71. The minimum atomic E-state index is -0.251. The molecular weight excluding hydrogens is 406 g/mol. The van der Waals surface area contributed by atoms with Crippen LogP contribution in [-0.4, -0.2) is 25.8 Å². The van der Waals surface area contributed by atoms with Gasteiger partial charge < -0.3 is 0 Å². The van der Waals surface area contributed by atoms with Crippen LogP contribution in [0.5, 0.6) is 0 Å². The van der Waals surface area contributed by atoms with Gasteiger partial charge in [-0.3, -0.25) is 19.7 Å². The molecule has 2 aromatic carbocycles. The van der Waals surface area contributed by atoms with Crippen LogP contribution >= 0.6 is 11.3 Å². The fourth-order valence-electron chi connectivity index (χ4n) is 3.37. The molecule has 0 aliphatic heterocycles. The number of aryl methyl sites for hydroxylation is 1.